The predicted molar refractivity (Wildman–Crippen MR) is 88.4 cm³/mol. The molecule has 2 rings (SSSR count). The number of nitrogens with one attached hydrogen (secondary N) is 1. The fourth-order valence-corrected chi connectivity index (χ4v) is 3.76. The molecule has 1 aromatic rings. The molecule has 1 heterocycles. The summed E-state index contributed by atoms with van der Waals surface area (Å²) in [6, 6.07) is 0.412. The first-order chi connectivity index (χ1) is 9.38. The Balaban J connectivity index is 1.96. The predicted octanol–water partition coefficient (Wildman–Crippen LogP) is 4.76. The van der Waals surface area contributed by atoms with E-state index in [2.05, 4.69) is 52.1 Å². The van der Waals surface area contributed by atoms with E-state index in [1.165, 1.54) is 34.8 Å². The van der Waals surface area contributed by atoms with Gasteiger partial charge < -0.3 is 5.32 Å². The Hall–Kier alpha value is -0.670. The molecule has 0 fully saturated rings. The third-order valence-corrected chi connectivity index (χ3v) is 5.72. The molecule has 0 spiro atoms. The van der Waals surface area contributed by atoms with Crippen molar-refractivity contribution in [3.8, 4) is 0 Å². The lowest BCUT2D eigenvalue weighted by Crippen LogP contribution is -2.26. The van der Waals surface area contributed by atoms with Gasteiger partial charge in [-0.05, 0) is 45.6 Å². The Labute approximate surface area is 127 Å². The van der Waals surface area contributed by atoms with Crippen LogP contribution in [0.1, 0.15) is 68.6 Å². The minimum Gasteiger partial charge on any atom is -0.309 e. The number of nitrogens with zero attached hydrogens (tertiary/aromatic N) is 1. The van der Waals surface area contributed by atoms with Crippen LogP contribution in [0, 0.1) is 12.8 Å². The summed E-state index contributed by atoms with van der Waals surface area (Å²) in [5, 5.41) is 4.96. The topological polar surface area (TPSA) is 24.9 Å². The lowest BCUT2D eigenvalue weighted by Gasteiger charge is -2.21. The van der Waals surface area contributed by atoms with E-state index >= 15 is 0 Å². The number of hydrogen-bond acceptors (Lipinski definition) is 3. The van der Waals surface area contributed by atoms with E-state index in [1.54, 1.807) is 0 Å². The summed E-state index contributed by atoms with van der Waals surface area (Å²) in [7, 11) is 0. The number of aryl methyl sites for hydroxylation is 1. The Kier molecular flexibility index (Phi) is 5.03. The lowest BCUT2D eigenvalue weighted by atomic mass is 9.94. The van der Waals surface area contributed by atoms with Gasteiger partial charge in [0, 0.05) is 16.3 Å². The maximum atomic E-state index is 4.77. The Morgan fingerprint density at radius 3 is 2.70 bits per heavy atom. The molecule has 2 unspecified atom stereocenters. The summed E-state index contributed by atoms with van der Waals surface area (Å²) >= 11 is 1.87. The maximum Gasteiger partial charge on any atom is 0.0985 e. The molecule has 0 amide bonds. The van der Waals surface area contributed by atoms with Crippen molar-refractivity contribution in [3.05, 3.63) is 27.7 Å². The van der Waals surface area contributed by atoms with Crippen molar-refractivity contribution in [3.63, 3.8) is 0 Å². The van der Waals surface area contributed by atoms with E-state index in [0.29, 0.717) is 6.04 Å². The van der Waals surface area contributed by atoms with Crippen molar-refractivity contribution in [2.45, 2.75) is 65.3 Å². The van der Waals surface area contributed by atoms with Gasteiger partial charge >= 0.3 is 0 Å². The third kappa shape index (κ3) is 3.92. The molecule has 1 aliphatic carbocycles. The van der Waals surface area contributed by atoms with Gasteiger partial charge in [-0.15, -0.1) is 11.3 Å². The molecule has 1 aromatic heterocycles. The first kappa shape index (κ1) is 15.7. The molecule has 20 heavy (non-hydrogen) atoms. The van der Waals surface area contributed by atoms with Crippen molar-refractivity contribution in [2.24, 2.45) is 5.92 Å². The van der Waals surface area contributed by atoms with Crippen LogP contribution >= 0.6 is 11.3 Å². The maximum absolute atomic E-state index is 4.77. The van der Waals surface area contributed by atoms with E-state index in [0.717, 1.165) is 12.5 Å². The van der Waals surface area contributed by atoms with E-state index in [4.69, 9.17) is 4.98 Å². The van der Waals surface area contributed by atoms with Crippen LogP contribution in [0.2, 0.25) is 0 Å². The molecule has 0 aromatic carbocycles. The highest BCUT2D eigenvalue weighted by molar-refractivity contribution is 7.12. The molecular weight excluding hydrogens is 264 g/mol. The summed E-state index contributed by atoms with van der Waals surface area (Å²) in [6.45, 7) is 12.2. The highest BCUT2D eigenvalue weighted by atomic mass is 32.1. The molecule has 0 radical (unpaired) electrons. The second kappa shape index (κ2) is 6.40. The van der Waals surface area contributed by atoms with E-state index in [1.807, 2.05) is 11.3 Å². The van der Waals surface area contributed by atoms with E-state index in [-0.39, 0.29) is 5.41 Å². The molecule has 3 heteroatoms. The van der Waals surface area contributed by atoms with Gasteiger partial charge in [-0.2, -0.15) is 0 Å². The largest absolute Gasteiger partial charge is 0.309 e. The monoisotopic (exact) mass is 292 g/mol. The first-order valence-corrected chi connectivity index (χ1v) is 8.55. The summed E-state index contributed by atoms with van der Waals surface area (Å²) < 4.78 is 0. The molecule has 112 valence electrons. The van der Waals surface area contributed by atoms with Gasteiger partial charge in [-0.25, -0.2) is 4.98 Å². The fourth-order valence-electron chi connectivity index (χ4n) is 2.61. The zero-order valence-corrected chi connectivity index (χ0v) is 14.3. The molecule has 2 nitrogen and oxygen atoms in total. The number of rotatable bonds is 4. The quantitative estimate of drug-likeness (QED) is 0.810. The average Bonchev–Trinajstić information content (AvgIpc) is 2.79. The average molecular weight is 292 g/mol. The van der Waals surface area contributed by atoms with Gasteiger partial charge in [-0.3, -0.25) is 0 Å². The number of aromatic nitrogens is 1. The summed E-state index contributed by atoms with van der Waals surface area (Å²) in [4.78, 5) is 6.17. The van der Waals surface area contributed by atoms with Crippen molar-refractivity contribution in [2.75, 3.05) is 6.54 Å². The normalized spacial score (nSPS) is 21.1. The molecule has 2 atom stereocenters. The van der Waals surface area contributed by atoms with Crippen LogP contribution in [0.15, 0.2) is 12.2 Å². The van der Waals surface area contributed by atoms with Gasteiger partial charge in [0.25, 0.3) is 0 Å². The zero-order chi connectivity index (χ0) is 14.8. The second-order valence-corrected chi connectivity index (χ2v) is 8.03. The van der Waals surface area contributed by atoms with Crippen molar-refractivity contribution in [1.82, 2.24) is 10.3 Å². The zero-order valence-electron chi connectivity index (χ0n) is 13.5. The molecule has 1 N–H and O–H groups in total. The second-order valence-electron chi connectivity index (χ2n) is 7.00. The third-order valence-electron chi connectivity index (χ3n) is 3.96. The summed E-state index contributed by atoms with van der Waals surface area (Å²) in [6.07, 6.45) is 8.44. The molecular formula is C17H28N2S. The number of allylic oxidation sites excluding steroid dienone is 2. The lowest BCUT2D eigenvalue weighted by molar-refractivity contribution is 0.417. The van der Waals surface area contributed by atoms with Crippen LogP contribution < -0.4 is 5.32 Å². The Morgan fingerprint density at radius 2 is 2.15 bits per heavy atom. The minimum absolute atomic E-state index is 0.154. The molecule has 0 aliphatic heterocycles. The SMILES string of the molecule is Cc1nc(C(C)(C)C)sc1C(C)NCC1CC=CCC1. The molecule has 0 saturated carbocycles. The first-order valence-electron chi connectivity index (χ1n) is 7.74. The standard InChI is InChI=1S/C17H28N2S/c1-12(18-11-14-9-7-6-8-10-14)15-13(2)19-16(20-15)17(3,4)5/h6-7,12,14,18H,8-11H2,1-5H3. The highest BCUT2D eigenvalue weighted by Gasteiger charge is 2.22. The molecule has 1 aliphatic rings. The van der Waals surface area contributed by atoms with Gasteiger partial charge in [0.05, 0.1) is 10.7 Å². The van der Waals surface area contributed by atoms with Gasteiger partial charge in [0.1, 0.15) is 0 Å². The van der Waals surface area contributed by atoms with Crippen LogP contribution in [0.5, 0.6) is 0 Å². The van der Waals surface area contributed by atoms with Crippen molar-refractivity contribution >= 4 is 11.3 Å². The number of hydrogen-bond donors (Lipinski definition) is 1. The fraction of sp³-hybridized carbons (Fsp3) is 0.706. The highest BCUT2D eigenvalue weighted by Crippen LogP contribution is 2.32. The molecule has 0 bridgehead atoms. The Bertz CT molecular complexity index is 468. The van der Waals surface area contributed by atoms with E-state index in [9.17, 15) is 0 Å². The van der Waals surface area contributed by atoms with Crippen LogP contribution in [0.25, 0.3) is 0 Å². The summed E-state index contributed by atoms with van der Waals surface area (Å²) in [5.41, 5.74) is 1.35. The molecule has 0 saturated heterocycles. The minimum atomic E-state index is 0.154. The van der Waals surface area contributed by atoms with Gasteiger partial charge in [-0.1, -0.05) is 32.9 Å². The van der Waals surface area contributed by atoms with Gasteiger partial charge in [0.2, 0.25) is 0 Å². The van der Waals surface area contributed by atoms with Crippen molar-refractivity contribution < 1.29 is 0 Å². The van der Waals surface area contributed by atoms with Crippen LogP contribution in [0.4, 0.5) is 0 Å². The van der Waals surface area contributed by atoms with E-state index < -0.39 is 0 Å². The van der Waals surface area contributed by atoms with Gasteiger partial charge in [0.15, 0.2) is 0 Å². The number of thiazole rings is 1. The Morgan fingerprint density at radius 1 is 1.40 bits per heavy atom. The van der Waals surface area contributed by atoms with Crippen LogP contribution in [0.3, 0.4) is 0 Å². The van der Waals surface area contributed by atoms with Crippen LogP contribution in [-0.2, 0) is 5.41 Å². The summed E-state index contributed by atoms with van der Waals surface area (Å²) in [5.74, 6) is 0.803. The smallest absolute Gasteiger partial charge is 0.0985 e. The van der Waals surface area contributed by atoms with Crippen LogP contribution in [-0.4, -0.2) is 11.5 Å². The van der Waals surface area contributed by atoms with Crippen molar-refractivity contribution in [1.29, 1.82) is 0 Å².